The maximum Gasteiger partial charge on any atom is 0.244 e. The Balaban J connectivity index is 2.29. The van der Waals surface area contributed by atoms with Crippen LogP contribution in [0.25, 0.3) is 11.4 Å². The lowest BCUT2D eigenvalue weighted by molar-refractivity contribution is 0.334. The first-order valence-electron chi connectivity index (χ1n) is 5.36. The Bertz CT molecular complexity index is 496. The second kappa shape index (κ2) is 5.37. The fourth-order valence-corrected chi connectivity index (χ4v) is 1.90. The van der Waals surface area contributed by atoms with Gasteiger partial charge in [-0.2, -0.15) is 4.98 Å². The van der Waals surface area contributed by atoms with Gasteiger partial charge in [-0.3, -0.25) is 4.98 Å². The summed E-state index contributed by atoms with van der Waals surface area (Å²) < 4.78 is 6.13. The molecule has 5 nitrogen and oxygen atoms in total. The van der Waals surface area contributed by atoms with E-state index in [1.165, 1.54) is 0 Å². The molecule has 2 aromatic heterocycles. The van der Waals surface area contributed by atoms with Crippen LogP contribution in [0.3, 0.4) is 0 Å². The van der Waals surface area contributed by atoms with Crippen LogP contribution in [0.5, 0.6) is 0 Å². The number of rotatable bonds is 4. The minimum absolute atomic E-state index is 0.0939. The molecule has 0 saturated heterocycles. The SMILES string of the molecule is CCC(NC)c1nc(-c2cncc(Br)c2)no1. The zero-order valence-electron chi connectivity index (χ0n) is 9.64. The number of pyridine rings is 1. The number of halogens is 1. The second-order valence-electron chi connectivity index (χ2n) is 3.60. The van der Waals surface area contributed by atoms with Gasteiger partial charge in [0.2, 0.25) is 11.7 Å². The molecule has 1 N–H and O–H groups in total. The highest BCUT2D eigenvalue weighted by molar-refractivity contribution is 9.10. The molecule has 1 atom stereocenters. The molecule has 0 aliphatic rings. The van der Waals surface area contributed by atoms with E-state index in [-0.39, 0.29) is 6.04 Å². The van der Waals surface area contributed by atoms with Gasteiger partial charge in [0, 0.05) is 22.4 Å². The van der Waals surface area contributed by atoms with Crippen LogP contribution in [0.2, 0.25) is 0 Å². The topological polar surface area (TPSA) is 63.8 Å². The number of hydrogen-bond acceptors (Lipinski definition) is 5. The van der Waals surface area contributed by atoms with Crippen molar-refractivity contribution < 1.29 is 4.52 Å². The fraction of sp³-hybridized carbons (Fsp3) is 0.364. The molecule has 1 unspecified atom stereocenters. The lowest BCUT2D eigenvalue weighted by atomic mass is 10.2. The molecule has 0 fully saturated rings. The van der Waals surface area contributed by atoms with Crippen molar-refractivity contribution in [1.29, 1.82) is 0 Å². The molecule has 2 aromatic rings. The predicted molar refractivity (Wildman–Crippen MR) is 67.3 cm³/mol. The molecular formula is C11H13BrN4O. The van der Waals surface area contributed by atoms with Crippen LogP contribution < -0.4 is 5.32 Å². The first kappa shape index (κ1) is 12.2. The van der Waals surface area contributed by atoms with Crippen molar-refractivity contribution in [2.75, 3.05) is 7.05 Å². The van der Waals surface area contributed by atoms with Gasteiger partial charge in [0.05, 0.1) is 6.04 Å². The Kier molecular flexibility index (Phi) is 3.86. The summed E-state index contributed by atoms with van der Waals surface area (Å²) in [4.78, 5) is 8.43. The first-order chi connectivity index (χ1) is 8.24. The lowest BCUT2D eigenvalue weighted by Gasteiger charge is -2.06. The summed E-state index contributed by atoms with van der Waals surface area (Å²) in [5.74, 6) is 1.16. The lowest BCUT2D eigenvalue weighted by Crippen LogP contribution is -2.15. The van der Waals surface area contributed by atoms with Gasteiger partial charge in [-0.1, -0.05) is 12.1 Å². The summed E-state index contributed by atoms with van der Waals surface area (Å²) in [6.07, 6.45) is 4.32. The number of hydrogen-bond donors (Lipinski definition) is 1. The first-order valence-corrected chi connectivity index (χ1v) is 6.15. The molecule has 0 spiro atoms. The van der Waals surface area contributed by atoms with Gasteiger partial charge < -0.3 is 9.84 Å². The van der Waals surface area contributed by atoms with E-state index in [4.69, 9.17) is 4.52 Å². The van der Waals surface area contributed by atoms with E-state index in [0.717, 1.165) is 16.5 Å². The molecule has 17 heavy (non-hydrogen) atoms. The van der Waals surface area contributed by atoms with Crippen molar-refractivity contribution in [2.45, 2.75) is 19.4 Å². The van der Waals surface area contributed by atoms with Gasteiger partial charge in [-0.25, -0.2) is 0 Å². The molecule has 2 heterocycles. The third-order valence-electron chi connectivity index (χ3n) is 2.46. The quantitative estimate of drug-likeness (QED) is 0.939. The Morgan fingerprint density at radius 2 is 2.29 bits per heavy atom. The second-order valence-corrected chi connectivity index (χ2v) is 4.51. The molecule has 0 aliphatic carbocycles. The molecule has 0 bridgehead atoms. The van der Waals surface area contributed by atoms with E-state index in [9.17, 15) is 0 Å². The summed E-state index contributed by atoms with van der Waals surface area (Å²) in [6.45, 7) is 2.06. The molecule has 0 saturated carbocycles. The molecule has 6 heteroatoms. The van der Waals surface area contributed by atoms with Crippen LogP contribution in [0.1, 0.15) is 25.3 Å². The van der Waals surface area contributed by atoms with Crippen molar-refractivity contribution in [3.8, 4) is 11.4 Å². The minimum atomic E-state index is 0.0939. The van der Waals surface area contributed by atoms with Crippen LogP contribution in [0.15, 0.2) is 27.5 Å². The number of nitrogens with zero attached hydrogens (tertiary/aromatic N) is 3. The van der Waals surface area contributed by atoms with Crippen LogP contribution in [-0.2, 0) is 0 Å². The van der Waals surface area contributed by atoms with Crippen LogP contribution in [0.4, 0.5) is 0 Å². The maximum absolute atomic E-state index is 5.24. The van der Waals surface area contributed by atoms with Crippen molar-refractivity contribution in [1.82, 2.24) is 20.4 Å². The molecule has 0 radical (unpaired) electrons. The van der Waals surface area contributed by atoms with E-state index in [2.05, 4.69) is 43.3 Å². The van der Waals surface area contributed by atoms with Gasteiger partial charge in [-0.05, 0) is 35.5 Å². The standard InChI is InChI=1S/C11H13BrN4O/c1-3-9(13-2)11-15-10(16-17-11)7-4-8(12)6-14-5-7/h4-6,9,13H,3H2,1-2H3. The predicted octanol–water partition coefficient (Wildman–Crippen LogP) is 2.56. The number of nitrogens with one attached hydrogen (secondary N) is 1. The van der Waals surface area contributed by atoms with E-state index >= 15 is 0 Å². The highest BCUT2D eigenvalue weighted by Gasteiger charge is 2.16. The van der Waals surface area contributed by atoms with Crippen LogP contribution in [-0.4, -0.2) is 22.2 Å². The van der Waals surface area contributed by atoms with Gasteiger partial charge >= 0.3 is 0 Å². The zero-order chi connectivity index (χ0) is 12.3. The monoisotopic (exact) mass is 296 g/mol. The fourth-order valence-electron chi connectivity index (χ4n) is 1.53. The normalized spacial score (nSPS) is 12.6. The van der Waals surface area contributed by atoms with Crippen LogP contribution in [0, 0.1) is 0 Å². The highest BCUT2D eigenvalue weighted by atomic mass is 79.9. The largest absolute Gasteiger partial charge is 0.337 e. The van der Waals surface area contributed by atoms with Crippen molar-refractivity contribution >= 4 is 15.9 Å². The van der Waals surface area contributed by atoms with Gasteiger partial charge in [0.25, 0.3) is 0 Å². The number of aromatic nitrogens is 3. The average molecular weight is 297 g/mol. The van der Waals surface area contributed by atoms with Crippen LogP contribution >= 0.6 is 15.9 Å². The summed E-state index contributed by atoms with van der Waals surface area (Å²) in [6, 6.07) is 2.00. The molecule has 2 rings (SSSR count). The molecule has 0 aliphatic heterocycles. The van der Waals surface area contributed by atoms with E-state index in [1.807, 2.05) is 13.1 Å². The van der Waals surface area contributed by atoms with Gasteiger partial charge in [0.15, 0.2) is 0 Å². The Hall–Kier alpha value is -1.27. The smallest absolute Gasteiger partial charge is 0.244 e. The highest BCUT2D eigenvalue weighted by Crippen LogP contribution is 2.21. The summed E-state index contributed by atoms with van der Waals surface area (Å²) in [5.41, 5.74) is 0.834. The zero-order valence-corrected chi connectivity index (χ0v) is 11.2. The summed E-state index contributed by atoms with van der Waals surface area (Å²) in [7, 11) is 1.87. The van der Waals surface area contributed by atoms with Gasteiger partial charge in [0.1, 0.15) is 0 Å². The molecule has 0 amide bonds. The third-order valence-corrected chi connectivity index (χ3v) is 2.89. The van der Waals surface area contributed by atoms with E-state index in [0.29, 0.717) is 11.7 Å². The maximum atomic E-state index is 5.24. The Morgan fingerprint density at radius 3 is 2.94 bits per heavy atom. The minimum Gasteiger partial charge on any atom is -0.337 e. The van der Waals surface area contributed by atoms with Crippen molar-refractivity contribution in [2.24, 2.45) is 0 Å². The molecule has 90 valence electrons. The Labute approximate surface area is 108 Å². The van der Waals surface area contributed by atoms with Crippen molar-refractivity contribution in [3.63, 3.8) is 0 Å². The van der Waals surface area contributed by atoms with Gasteiger partial charge in [-0.15, -0.1) is 0 Å². The van der Waals surface area contributed by atoms with Crippen molar-refractivity contribution in [3.05, 3.63) is 28.8 Å². The molecular weight excluding hydrogens is 284 g/mol. The summed E-state index contributed by atoms with van der Waals surface area (Å²) >= 11 is 3.36. The molecule has 0 aromatic carbocycles. The third kappa shape index (κ3) is 2.70. The Morgan fingerprint density at radius 1 is 1.47 bits per heavy atom. The summed E-state index contributed by atoms with van der Waals surface area (Å²) in [5, 5.41) is 7.08. The van der Waals surface area contributed by atoms with E-state index in [1.54, 1.807) is 12.4 Å². The van der Waals surface area contributed by atoms with E-state index < -0.39 is 0 Å². The average Bonchev–Trinajstić information content (AvgIpc) is 2.80.